The van der Waals surface area contributed by atoms with Gasteiger partial charge in [-0.1, -0.05) is 0 Å². The van der Waals surface area contributed by atoms with Gasteiger partial charge in [-0.3, -0.25) is 4.79 Å². The molecule has 1 aliphatic heterocycles. The molecular weight excluding hydrogens is 168 g/mol. The lowest BCUT2D eigenvalue weighted by Gasteiger charge is -2.18. The summed E-state index contributed by atoms with van der Waals surface area (Å²) in [5, 5.41) is 0. The molecule has 2 saturated carbocycles. The van der Waals surface area contributed by atoms with Crippen LogP contribution in [0.4, 0.5) is 0 Å². The molecule has 3 rings (SSSR count). The molecule has 0 radical (unpaired) electrons. The third-order valence-corrected chi connectivity index (χ3v) is 3.73. The summed E-state index contributed by atoms with van der Waals surface area (Å²) in [7, 11) is 0. The summed E-state index contributed by atoms with van der Waals surface area (Å²) in [6.45, 7) is 2.09. The normalized spacial score (nSPS) is 50.4. The van der Waals surface area contributed by atoms with Crippen LogP contribution >= 0.6 is 0 Å². The van der Waals surface area contributed by atoms with Gasteiger partial charge in [-0.2, -0.15) is 0 Å². The summed E-state index contributed by atoms with van der Waals surface area (Å²) < 4.78 is 10.6. The zero-order valence-corrected chi connectivity index (χ0v) is 7.73. The average Bonchev–Trinajstić information content (AvgIpc) is 2.70. The second kappa shape index (κ2) is 2.47. The van der Waals surface area contributed by atoms with E-state index < -0.39 is 0 Å². The Morgan fingerprint density at radius 3 is 2.92 bits per heavy atom. The molecule has 0 amide bonds. The average molecular weight is 182 g/mol. The Balaban J connectivity index is 1.59. The fourth-order valence-corrected chi connectivity index (χ4v) is 3.15. The van der Waals surface area contributed by atoms with Gasteiger partial charge in [0.2, 0.25) is 0 Å². The molecule has 5 atom stereocenters. The van der Waals surface area contributed by atoms with Crippen LogP contribution in [-0.4, -0.2) is 24.8 Å². The van der Waals surface area contributed by atoms with Crippen LogP contribution < -0.4 is 0 Å². The van der Waals surface area contributed by atoms with Crippen molar-refractivity contribution in [2.45, 2.75) is 32.0 Å². The Morgan fingerprint density at radius 1 is 1.46 bits per heavy atom. The van der Waals surface area contributed by atoms with Gasteiger partial charge in [-0.05, 0) is 30.6 Å². The summed E-state index contributed by atoms with van der Waals surface area (Å²) in [5.41, 5.74) is 0. The molecule has 13 heavy (non-hydrogen) atoms. The van der Waals surface area contributed by atoms with Gasteiger partial charge in [0.25, 0.3) is 0 Å². The highest BCUT2D eigenvalue weighted by Gasteiger charge is 2.63. The molecule has 0 unspecified atom stereocenters. The number of carbonyl (C=O) groups excluding carboxylic acids is 1. The van der Waals surface area contributed by atoms with Crippen molar-refractivity contribution in [2.75, 3.05) is 6.61 Å². The zero-order valence-electron chi connectivity index (χ0n) is 7.73. The highest BCUT2D eigenvalue weighted by Crippen LogP contribution is 2.58. The maximum atomic E-state index is 10.6. The quantitative estimate of drug-likeness (QED) is 0.472. The summed E-state index contributed by atoms with van der Waals surface area (Å²) in [4.78, 5) is 10.6. The predicted octanol–water partition coefficient (Wildman–Crippen LogP) is 0.973. The first-order valence-electron chi connectivity index (χ1n) is 5.04. The summed E-state index contributed by atoms with van der Waals surface area (Å²) >= 11 is 0. The third-order valence-electron chi connectivity index (χ3n) is 3.73. The molecule has 0 N–H and O–H groups in total. The molecule has 0 aromatic rings. The molecule has 2 bridgehead atoms. The monoisotopic (exact) mass is 182 g/mol. The van der Waals surface area contributed by atoms with Crippen LogP contribution in [0.1, 0.15) is 19.8 Å². The number of rotatable bonds is 2. The minimum absolute atomic E-state index is 0.156. The predicted molar refractivity (Wildman–Crippen MR) is 45.0 cm³/mol. The first-order chi connectivity index (χ1) is 6.25. The number of hydrogen-bond acceptors (Lipinski definition) is 3. The Kier molecular flexibility index (Phi) is 1.48. The number of hydrogen-bond donors (Lipinski definition) is 0. The van der Waals surface area contributed by atoms with Crippen molar-refractivity contribution in [3.63, 3.8) is 0 Å². The molecule has 72 valence electrons. The standard InChI is InChI=1S/C10H14O3/c1-5(11)12-4-7-2-6-3-8(7)10-9(6)13-10/h6-10H,2-4H2,1H3/t6-,7+,8-,9+,10-/m0/s1. The molecular formula is C10H14O3. The molecule has 0 aromatic carbocycles. The molecule has 0 aromatic heterocycles. The van der Waals surface area contributed by atoms with Crippen LogP contribution in [0.2, 0.25) is 0 Å². The Morgan fingerprint density at radius 2 is 2.31 bits per heavy atom. The van der Waals surface area contributed by atoms with E-state index in [0.717, 1.165) is 5.92 Å². The number of carbonyl (C=O) groups is 1. The van der Waals surface area contributed by atoms with Crippen molar-refractivity contribution in [2.24, 2.45) is 17.8 Å². The summed E-state index contributed by atoms with van der Waals surface area (Å²) in [6, 6.07) is 0. The van der Waals surface area contributed by atoms with Crippen molar-refractivity contribution in [1.82, 2.24) is 0 Å². The van der Waals surface area contributed by atoms with Crippen molar-refractivity contribution in [3.8, 4) is 0 Å². The van der Waals surface area contributed by atoms with Gasteiger partial charge in [0, 0.05) is 6.92 Å². The second-order valence-corrected chi connectivity index (χ2v) is 4.52. The molecule has 0 spiro atoms. The Hall–Kier alpha value is -0.570. The first kappa shape index (κ1) is 7.80. The minimum Gasteiger partial charge on any atom is -0.466 e. The Bertz CT molecular complexity index is 251. The summed E-state index contributed by atoms with van der Waals surface area (Å²) in [5.74, 6) is 1.89. The molecule has 3 nitrogen and oxygen atoms in total. The number of esters is 1. The molecule has 3 heteroatoms. The topological polar surface area (TPSA) is 38.8 Å². The SMILES string of the molecule is CC(=O)OC[C@H]1C[C@H]2C[C@@H]1[C@@H]1O[C@H]21. The molecule has 2 aliphatic carbocycles. The van der Waals surface area contributed by atoms with Crippen LogP contribution in [0, 0.1) is 17.8 Å². The third kappa shape index (κ3) is 1.10. The lowest BCUT2D eigenvalue weighted by Crippen LogP contribution is -2.23. The lowest BCUT2D eigenvalue weighted by atomic mass is 9.89. The number of fused-ring (bicyclic) bond motifs is 5. The smallest absolute Gasteiger partial charge is 0.302 e. The second-order valence-electron chi connectivity index (χ2n) is 4.52. The first-order valence-corrected chi connectivity index (χ1v) is 5.04. The van der Waals surface area contributed by atoms with Gasteiger partial charge >= 0.3 is 5.97 Å². The van der Waals surface area contributed by atoms with Gasteiger partial charge in [-0.25, -0.2) is 0 Å². The van der Waals surface area contributed by atoms with Crippen molar-refractivity contribution in [3.05, 3.63) is 0 Å². The molecule has 1 heterocycles. The van der Waals surface area contributed by atoms with Crippen molar-refractivity contribution in [1.29, 1.82) is 0 Å². The molecule has 3 aliphatic rings. The van der Waals surface area contributed by atoms with Crippen LogP contribution in [-0.2, 0) is 14.3 Å². The maximum absolute atomic E-state index is 10.6. The van der Waals surface area contributed by atoms with E-state index in [1.807, 2.05) is 0 Å². The van der Waals surface area contributed by atoms with E-state index in [1.54, 1.807) is 0 Å². The summed E-state index contributed by atoms with van der Waals surface area (Å²) in [6.07, 6.45) is 3.62. The Labute approximate surface area is 77.4 Å². The fourth-order valence-electron chi connectivity index (χ4n) is 3.15. The van der Waals surface area contributed by atoms with E-state index in [4.69, 9.17) is 9.47 Å². The van der Waals surface area contributed by atoms with E-state index in [0.29, 0.717) is 30.7 Å². The van der Waals surface area contributed by atoms with Crippen molar-refractivity contribution >= 4 is 5.97 Å². The number of ether oxygens (including phenoxy) is 2. The highest BCUT2D eigenvalue weighted by atomic mass is 16.6. The van der Waals surface area contributed by atoms with E-state index in [-0.39, 0.29) is 5.97 Å². The van der Waals surface area contributed by atoms with E-state index in [1.165, 1.54) is 19.8 Å². The van der Waals surface area contributed by atoms with E-state index in [2.05, 4.69) is 0 Å². The highest BCUT2D eigenvalue weighted by molar-refractivity contribution is 5.65. The van der Waals surface area contributed by atoms with Crippen molar-refractivity contribution < 1.29 is 14.3 Å². The number of epoxide rings is 1. The van der Waals surface area contributed by atoms with Crippen LogP contribution in [0.25, 0.3) is 0 Å². The van der Waals surface area contributed by atoms with E-state index >= 15 is 0 Å². The lowest BCUT2D eigenvalue weighted by molar-refractivity contribution is -0.142. The van der Waals surface area contributed by atoms with Gasteiger partial charge in [-0.15, -0.1) is 0 Å². The molecule has 1 saturated heterocycles. The van der Waals surface area contributed by atoms with E-state index in [9.17, 15) is 4.79 Å². The fraction of sp³-hybridized carbons (Fsp3) is 0.900. The van der Waals surface area contributed by atoms with Crippen LogP contribution in [0.5, 0.6) is 0 Å². The largest absolute Gasteiger partial charge is 0.466 e. The van der Waals surface area contributed by atoms with Gasteiger partial charge in [0.1, 0.15) is 0 Å². The van der Waals surface area contributed by atoms with Crippen LogP contribution in [0.15, 0.2) is 0 Å². The zero-order chi connectivity index (χ0) is 9.00. The van der Waals surface area contributed by atoms with Gasteiger partial charge < -0.3 is 9.47 Å². The maximum Gasteiger partial charge on any atom is 0.302 e. The minimum atomic E-state index is -0.156. The molecule has 3 fully saturated rings. The van der Waals surface area contributed by atoms with Crippen LogP contribution in [0.3, 0.4) is 0 Å². The van der Waals surface area contributed by atoms with Gasteiger partial charge in [0.15, 0.2) is 0 Å². The van der Waals surface area contributed by atoms with Gasteiger partial charge in [0.05, 0.1) is 18.8 Å².